The first-order valence-corrected chi connectivity index (χ1v) is 8.19. The third-order valence-electron chi connectivity index (χ3n) is 1.86. The molecule has 0 fully saturated rings. The number of aryl methyl sites for hydroxylation is 1. The lowest BCUT2D eigenvalue weighted by atomic mass is 10.3. The molecule has 1 N–H and O–H groups in total. The average Bonchev–Trinajstić information content (AvgIpc) is 2.39. The van der Waals surface area contributed by atoms with Gasteiger partial charge in [-0.3, -0.25) is 0 Å². The SMILES string of the molecule is Cc1cc(CNCCS(C)(=O)=O)sc1Br. The van der Waals surface area contributed by atoms with Gasteiger partial charge in [0, 0.05) is 24.2 Å². The van der Waals surface area contributed by atoms with Crippen molar-refractivity contribution in [3.63, 3.8) is 0 Å². The Kier molecular flexibility index (Phi) is 4.76. The van der Waals surface area contributed by atoms with E-state index in [4.69, 9.17) is 0 Å². The molecule has 0 aromatic carbocycles. The van der Waals surface area contributed by atoms with E-state index in [9.17, 15) is 8.42 Å². The highest BCUT2D eigenvalue weighted by molar-refractivity contribution is 9.11. The van der Waals surface area contributed by atoms with E-state index in [-0.39, 0.29) is 5.75 Å². The predicted molar refractivity (Wildman–Crippen MR) is 68.2 cm³/mol. The van der Waals surface area contributed by atoms with Crippen molar-refractivity contribution >= 4 is 37.1 Å². The van der Waals surface area contributed by atoms with Crippen LogP contribution in [-0.4, -0.2) is 27.0 Å². The first kappa shape index (κ1) is 13.2. The molecule has 0 spiro atoms. The van der Waals surface area contributed by atoms with Crippen LogP contribution in [0.15, 0.2) is 9.85 Å². The number of sulfone groups is 1. The number of hydrogen-bond donors (Lipinski definition) is 1. The van der Waals surface area contributed by atoms with Crippen LogP contribution in [0.2, 0.25) is 0 Å². The second kappa shape index (κ2) is 5.43. The van der Waals surface area contributed by atoms with Gasteiger partial charge in [0.15, 0.2) is 0 Å². The van der Waals surface area contributed by atoms with Gasteiger partial charge in [0.05, 0.1) is 9.54 Å². The zero-order valence-corrected chi connectivity index (χ0v) is 11.9. The number of hydrogen-bond acceptors (Lipinski definition) is 4. The van der Waals surface area contributed by atoms with E-state index in [1.807, 2.05) is 6.92 Å². The zero-order valence-electron chi connectivity index (χ0n) is 8.71. The van der Waals surface area contributed by atoms with E-state index < -0.39 is 9.84 Å². The fourth-order valence-electron chi connectivity index (χ4n) is 1.08. The van der Waals surface area contributed by atoms with Crippen LogP contribution in [-0.2, 0) is 16.4 Å². The van der Waals surface area contributed by atoms with Crippen molar-refractivity contribution in [2.45, 2.75) is 13.5 Å². The number of rotatable bonds is 5. The minimum Gasteiger partial charge on any atom is -0.311 e. The molecule has 0 aliphatic carbocycles. The van der Waals surface area contributed by atoms with Gasteiger partial charge in [-0.1, -0.05) is 0 Å². The first-order valence-electron chi connectivity index (χ1n) is 4.52. The van der Waals surface area contributed by atoms with Crippen LogP contribution in [0.25, 0.3) is 0 Å². The predicted octanol–water partition coefficient (Wildman–Crippen LogP) is 1.95. The Morgan fingerprint density at radius 2 is 2.20 bits per heavy atom. The van der Waals surface area contributed by atoms with E-state index in [0.29, 0.717) is 6.54 Å². The summed E-state index contributed by atoms with van der Waals surface area (Å²) in [5, 5.41) is 3.11. The van der Waals surface area contributed by atoms with Gasteiger partial charge in [-0.25, -0.2) is 8.42 Å². The molecule has 1 rings (SSSR count). The van der Waals surface area contributed by atoms with Crippen LogP contribution in [0.5, 0.6) is 0 Å². The molecule has 0 bridgehead atoms. The molecule has 15 heavy (non-hydrogen) atoms. The third kappa shape index (κ3) is 5.10. The summed E-state index contributed by atoms with van der Waals surface area (Å²) in [7, 11) is -2.85. The van der Waals surface area contributed by atoms with Crippen LogP contribution >= 0.6 is 27.3 Å². The summed E-state index contributed by atoms with van der Waals surface area (Å²) in [4.78, 5) is 1.22. The topological polar surface area (TPSA) is 46.2 Å². The Morgan fingerprint density at radius 1 is 1.53 bits per heavy atom. The smallest absolute Gasteiger partial charge is 0.148 e. The second-order valence-electron chi connectivity index (χ2n) is 3.48. The molecule has 3 nitrogen and oxygen atoms in total. The van der Waals surface area contributed by atoms with Crippen molar-refractivity contribution in [1.29, 1.82) is 0 Å². The number of thiophene rings is 1. The van der Waals surface area contributed by atoms with Crippen LogP contribution in [0.4, 0.5) is 0 Å². The van der Waals surface area contributed by atoms with Crippen LogP contribution < -0.4 is 5.32 Å². The highest BCUT2D eigenvalue weighted by Gasteiger charge is 2.04. The summed E-state index contributed by atoms with van der Waals surface area (Å²) in [6.45, 7) is 3.28. The summed E-state index contributed by atoms with van der Waals surface area (Å²) in [6, 6.07) is 2.10. The quantitative estimate of drug-likeness (QED) is 0.846. The Morgan fingerprint density at radius 3 is 2.67 bits per heavy atom. The highest BCUT2D eigenvalue weighted by Crippen LogP contribution is 2.26. The van der Waals surface area contributed by atoms with Crippen molar-refractivity contribution in [3.8, 4) is 0 Å². The van der Waals surface area contributed by atoms with Gasteiger partial charge in [0.2, 0.25) is 0 Å². The van der Waals surface area contributed by atoms with Crippen molar-refractivity contribution in [2.24, 2.45) is 0 Å². The Balaban J connectivity index is 2.32. The van der Waals surface area contributed by atoms with Crippen molar-refractivity contribution < 1.29 is 8.42 Å². The van der Waals surface area contributed by atoms with Gasteiger partial charge in [-0.05, 0) is 34.5 Å². The largest absolute Gasteiger partial charge is 0.311 e. The van der Waals surface area contributed by atoms with E-state index >= 15 is 0 Å². The lowest BCUT2D eigenvalue weighted by molar-refractivity contribution is 0.596. The third-order valence-corrected chi connectivity index (χ3v) is 4.94. The van der Waals surface area contributed by atoms with Gasteiger partial charge < -0.3 is 5.32 Å². The maximum atomic E-state index is 10.9. The Bertz CT molecular complexity index is 406. The maximum absolute atomic E-state index is 10.9. The van der Waals surface area contributed by atoms with Gasteiger partial charge in [0.25, 0.3) is 0 Å². The van der Waals surface area contributed by atoms with E-state index in [1.54, 1.807) is 11.3 Å². The maximum Gasteiger partial charge on any atom is 0.148 e. The van der Waals surface area contributed by atoms with Gasteiger partial charge >= 0.3 is 0 Å². The van der Waals surface area contributed by atoms with Crippen molar-refractivity contribution in [1.82, 2.24) is 5.32 Å². The lowest BCUT2D eigenvalue weighted by Crippen LogP contribution is -2.21. The number of halogens is 1. The molecule has 0 atom stereocenters. The summed E-state index contributed by atoms with van der Waals surface area (Å²) < 4.78 is 22.9. The van der Waals surface area contributed by atoms with Crippen LogP contribution in [0, 0.1) is 6.92 Å². The molecule has 0 unspecified atom stereocenters. The Labute approximate surface area is 103 Å². The standard InChI is InChI=1S/C9H14BrNO2S2/c1-7-5-8(14-9(7)10)6-11-3-4-15(2,12)13/h5,11H,3-4,6H2,1-2H3. The molecule has 0 amide bonds. The molecule has 0 saturated heterocycles. The second-order valence-corrected chi connectivity index (χ2v) is 8.19. The highest BCUT2D eigenvalue weighted by atomic mass is 79.9. The minimum atomic E-state index is -2.85. The van der Waals surface area contributed by atoms with Crippen LogP contribution in [0.3, 0.4) is 0 Å². The molecule has 6 heteroatoms. The number of nitrogens with one attached hydrogen (secondary N) is 1. The average molecular weight is 312 g/mol. The molecule has 1 aromatic rings. The molecule has 1 aromatic heterocycles. The summed E-state index contributed by atoms with van der Waals surface area (Å²) in [5.41, 5.74) is 1.22. The van der Waals surface area contributed by atoms with Crippen molar-refractivity contribution in [3.05, 3.63) is 20.3 Å². The monoisotopic (exact) mass is 311 g/mol. The molecule has 0 radical (unpaired) electrons. The minimum absolute atomic E-state index is 0.193. The van der Waals surface area contributed by atoms with Gasteiger partial charge in [-0.2, -0.15) is 0 Å². The zero-order chi connectivity index (χ0) is 11.5. The molecule has 86 valence electrons. The van der Waals surface area contributed by atoms with E-state index in [2.05, 4.69) is 27.3 Å². The molecule has 1 heterocycles. The van der Waals surface area contributed by atoms with Gasteiger partial charge in [0.1, 0.15) is 9.84 Å². The molecule has 0 aliphatic rings. The molecule has 0 aliphatic heterocycles. The Hall–Kier alpha value is 0.0900. The van der Waals surface area contributed by atoms with E-state index in [0.717, 1.165) is 10.3 Å². The van der Waals surface area contributed by atoms with Gasteiger partial charge in [-0.15, -0.1) is 11.3 Å². The molecular formula is C9H14BrNO2S2. The van der Waals surface area contributed by atoms with E-state index in [1.165, 1.54) is 16.7 Å². The fraction of sp³-hybridized carbons (Fsp3) is 0.556. The summed E-state index contributed by atoms with van der Waals surface area (Å²) in [5.74, 6) is 0.193. The normalized spacial score (nSPS) is 11.9. The summed E-state index contributed by atoms with van der Waals surface area (Å²) in [6.07, 6.45) is 1.25. The molecule has 0 saturated carbocycles. The summed E-state index contributed by atoms with van der Waals surface area (Å²) >= 11 is 5.13. The lowest BCUT2D eigenvalue weighted by Gasteiger charge is -2.00. The molecular weight excluding hydrogens is 298 g/mol. The first-order chi connectivity index (χ1) is 6.88. The van der Waals surface area contributed by atoms with Crippen LogP contribution in [0.1, 0.15) is 10.4 Å². The fourth-order valence-corrected chi connectivity index (χ4v) is 3.19. The van der Waals surface area contributed by atoms with Crippen molar-refractivity contribution in [2.75, 3.05) is 18.6 Å².